The molecule has 1 aromatic heterocycles. The Bertz CT molecular complexity index is 427. The van der Waals surface area contributed by atoms with Gasteiger partial charge in [-0.05, 0) is 20.4 Å². The van der Waals surface area contributed by atoms with Crippen molar-refractivity contribution in [3.8, 4) is 0 Å². The van der Waals surface area contributed by atoms with Gasteiger partial charge < -0.3 is 9.84 Å². The van der Waals surface area contributed by atoms with E-state index < -0.39 is 9.84 Å². The first-order valence-corrected chi connectivity index (χ1v) is 7.13. The summed E-state index contributed by atoms with van der Waals surface area (Å²) in [4.78, 5) is 4.02. The highest BCUT2D eigenvalue weighted by molar-refractivity contribution is 7.89. The maximum absolute atomic E-state index is 11.0. The van der Waals surface area contributed by atoms with Gasteiger partial charge in [0, 0.05) is 18.7 Å². The maximum atomic E-state index is 11.0. The number of nitrogens with one attached hydrogen (secondary N) is 1. The second-order valence-electron chi connectivity index (χ2n) is 3.90. The van der Waals surface area contributed by atoms with Gasteiger partial charge in [0.05, 0.1) is 0 Å². The number of nitrogens with zero attached hydrogens (tertiary/aromatic N) is 2. The summed E-state index contributed by atoms with van der Waals surface area (Å²) in [5, 5.41) is 6.71. The van der Waals surface area contributed by atoms with Gasteiger partial charge in [-0.25, -0.2) is 8.42 Å². The van der Waals surface area contributed by atoms with Crippen LogP contribution in [0.1, 0.15) is 25.1 Å². The Balaban J connectivity index is 2.52. The molecule has 0 bridgehead atoms. The second kappa shape index (κ2) is 5.40. The van der Waals surface area contributed by atoms with Crippen molar-refractivity contribution in [2.45, 2.75) is 31.6 Å². The van der Waals surface area contributed by atoms with Gasteiger partial charge in [0.15, 0.2) is 15.7 Å². The molecule has 0 aliphatic rings. The average molecular weight is 247 g/mol. The Morgan fingerprint density at radius 1 is 1.50 bits per heavy atom. The molecule has 0 aliphatic carbocycles. The van der Waals surface area contributed by atoms with E-state index in [1.807, 2.05) is 14.0 Å². The molecule has 0 fully saturated rings. The average Bonchev–Trinajstić information content (AvgIpc) is 2.59. The van der Waals surface area contributed by atoms with Gasteiger partial charge in [-0.15, -0.1) is 0 Å². The molecule has 1 aromatic rings. The van der Waals surface area contributed by atoms with E-state index in [9.17, 15) is 8.42 Å². The molecule has 7 heteroatoms. The quantitative estimate of drug-likeness (QED) is 0.770. The number of aryl methyl sites for hydroxylation is 1. The molecule has 16 heavy (non-hydrogen) atoms. The smallest absolute Gasteiger partial charge is 0.226 e. The third kappa shape index (κ3) is 4.71. The number of aromatic nitrogens is 2. The lowest BCUT2D eigenvalue weighted by atomic mass is 10.2. The van der Waals surface area contributed by atoms with E-state index in [0.717, 1.165) is 12.7 Å². The number of hydrogen-bond acceptors (Lipinski definition) is 6. The van der Waals surface area contributed by atoms with Gasteiger partial charge in [0.25, 0.3) is 0 Å². The zero-order valence-electron chi connectivity index (χ0n) is 9.73. The molecule has 0 radical (unpaired) electrons. The molecule has 1 heterocycles. The predicted molar refractivity (Wildman–Crippen MR) is 59.7 cm³/mol. The zero-order chi connectivity index (χ0) is 12.2. The van der Waals surface area contributed by atoms with E-state index in [1.165, 1.54) is 0 Å². The molecule has 1 atom stereocenters. The maximum Gasteiger partial charge on any atom is 0.226 e. The minimum Gasteiger partial charge on any atom is -0.339 e. The molecule has 0 aliphatic heterocycles. The highest BCUT2D eigenvalue weighted by atomic mass is 32.2. The summed E-state index contributed by atoms with van der Waals surface area (Å²) < 4.78 is 26.9. The van der Waals surface area contributed by atoms with Crippen molar-refractivity contribution < 1.29 is 12.9 Å². The summed E-state index contributed by atoms with van der Waals surface area (Å²) >= 11 is 0. The Hall–Kier alpha value is -0.950. The Morgan fingerprint density at radius 3 is 2.75 bits per heavy atom. The van der Waals surface area contributed by atoms with Crippen LogP contribution in [0.25, 0.3) is 0 Å². The first kappa shape index (κ1) is 13.1. The van der Waals surface area contributed by atoms with Gasteiger partial charge in [-0.3, -0.25) is 0 Å². The summed E-state index contributed by atoms with van der Waals surface area (Å²) in [6.07, 6.45) is 2.67. The fraction of sp³-hybridized carbons (Fsp3) is 0.778. The van der Waals surface area contributed by atoms with Crippen molar-refractivity contribution in [1.82, 2.24) is 15.5 Å². The van der Waals surface area contributed by atoms with Gasteiger partial charge in [-0.1, -0.05) is 5.16 Å². The third-order valence-electron chi connectivity index (χ3n) is 2.19. The summed E-state index contributed by atoms with van der Waals surface area (Å²) in [7, 11) is -1.21. The summed E-state index contributed by atoms with van der Waals surface area (Å²) in [6.45, 7) is 2.05. The van der Waals surface area contributed by atoms with Gasteiger partial charge >= 0.3 is 0 Å². The number of sulfone groups is 1. The SMILES string of the molecule is CNC(C)CCc1nc(CS(C)(=O)=O)no1. The van der Waals surface area contributed by atoms with Crippen molar-refractivity contribution >= 4 is 9.84 Å². The monoisotopic (exact) mass is 247 g/mol. The molecular weight excluding hydrogens is 230 g/mol. The van der Waals surface area contributed by atoms with Crippen LogP contribution in [-0.4, -0.2) is 37.9 Å². The Labute approximate surface area is 95.3 Å². The summed E-state index contributed by atoms with van der Waals surface area (Å²) in [5.41, 5.74) is 0. The Morgan fingerprint density at radius 2 is 2.19 bits per heavy atom. The summed E-state index contributed by atoms with van der Waals surface area (Å²) in [5.74, 6) is 0.549. The van der Waals surface area contributed by atoms with E-state index in [-0.39, 0.29) is 11.6 Å². The van der Waals surface area contributed by atoms with Crippen molar-refractivity contribution in [3.05, 3.63) is 11.7 Å². The van der Waals surface area contributed by atoms with Crippen LogP contribution in [-0.2, 0) is 22.0 Å². The van der Waals surface area contributed by atoms with Crippen molar-refractivity contribution in [2.75, 3.05) is 13.3 Å². The molecule has 0 amide bonds. The highest BCUT2D eigenvalue weighted by Gasteiger charge is 2.12. The first-order chi connectivity index (χ1) is 7.40. The molecule has 0 saturated heterocycles. The first-order valence-electron chi connectivity index (χ1n) is 5.07. The molecule has 1 rings (SSSR count). The van der Waals surface area contributed by atoms with Crippen molar-refractivity contribution in [2.24, 2.45) is 0 Å². The topological polar surface area (TPSA) is 85.1 Å². The molecule has 1 N–H and O–H groups in total. The minimum absolute atomic E-state index is 0.169. The number of rotatable bonds is 6. The minimum atomic E-state index is -3.10. The van der Waals surface area contributed by atoms with E-state index >= 15 is 0 Å². The van der Waals surface area contributed by atoms with Crippen LogP contribution < -0.4 is 5.32 Å². The lowest BCUT2D eigenvalue weighted by Crippen LogP contribution is -2.21. The lowest BCUT2D eigenvalue weighted by molar-refractivity contribution is 0.365. The van der Waals surface area contributed by atoms with E-state index in [2.05, 4.69) is 15.5 Å². The highest BCUT2D eigenvalue weighted by Crippen LogP contribution is 2.05. The van der Waals surface area contributed by atoms with Crippen LogP contribution in [0, 0.1) is 0 Å². The molecule has 0 aromatic carbocycles. The summed E-state index contributed by atoms with van der Waals surface area (Å²) in [6, 6.07) is 0.366. The molecule has 92 valence electrons. The largest absolute Gasteiger partial charge is 0.339 e. The molecular formula is C9H17N3O3S. The fourth-order valence-electron chi connectivity index (χ4n) is 1.17. The van der Waals surface area contributed by atoms with Gasteiger partial charge in [0.2, 0.25) is 5.89 Å². The predicted octanol–water partition coefficient (Wildman–Crippen LogP) is 0.155. The lowest BCUT2D eigenvalue weighted by Gasteiger charge is -2.06. The second-order valence-corrected chi connectivity index (χ2v) is 6.04. The van der Waals surface area contributed by atoms with Crippen molar-refractivity contribution in [3.63, 3.8) is 0 Å². The normalized spacial score (nSPS) is 13.9. The fourth-order valence-corrected chi connectivity index (χ4v) is 1.76. The van der Waals surface area contributed by atoms with Crippen LogP contribution in [0.15, 0.2) is 4.52 Å². The van der Waals surface area contributed by atoms with Crippen LogP contribution in [0.4, 0.5) is 0 Å². The van der Waals surface area contributed by atoms with E-state index in [0.29, 0.717) is 18.4 Å². The zero-order valence-corrected chi connectivity index (χ0v) is 10.5. The van der Waals surface area contributed by atoms with Crippen LogP contribution in [0.5, 0.6) is 0 Å². The number of hydrogen-bond donors (Lipinski definition) is 1. The Kier molecular flexibility index (Phi) is 4.43. The molecule has 0 saturated carbocycles. The van der Waals surface area contributed by atoms with Gasteiger partial charge in [-0.2, -0.15) is 4.98 Å². The third-order valence-corrected chi connectivity index (χ3v) is 2.97. The molecule has 0 spiro atoms. The molecule has 1 unspecified atom stereocenters. The van der Waals surface area contributed by atoms with Crippen LogP contribution in [0.2, 0.25) is 0 Å². The molecule has 6 nitrogen and oxygen atoms in total. The van der Waals surface area contributed by atoms with Crippen LogP contribution >= 0.6 is 0 Å². The van der Waals surface area contributed by atoms with Crippen molar-refractivity contribution in [1.29, 1.82) is 0 Å². The standard InChI is InChI=1S/C9H17N3O3S/c1-7(10-2)4-5-9-11-8(12-15-9)6-16(3,13)14/h7,10H,4-6H2,1-3H3. The van der Waals surface area contributed by atoms with Crippen LogP contribution in [0.3, 0.4) is 0 Å². The van der Waals surface area contributed by atoms with E-state index in [4.69, 9.17) is 4.52 Å². The van der Waals surface area contributed by atoms with Gasteiger partial charge in [0.1, 0.15) is 5.75 Å². The van der Waals surface area contributed by atoms with E-state index in [1.54, 1.807) is 0 Å².